The lowest BCUT2D eigenvalue weighted by Crippen LogP contribution is -2.58. The topological polar surface area (TPSA) is 140 Å². The van der Waals surface area contributed by atoms with E-state index in [-0.39, 0.29) is 28.0 Å². The fourth-order valence-electron chi connectivity index (χ4n) is 7.18. The highest BCUT2D eigenvalue weighted by atomic mass is 32.1. The molecule has 3 aromatic heterocycles. The molecule has 0 aliphatic carbocycles. The molecule has 0 bridgehead atoms. The Kier molecular flexibility index (Phi) is 14.3. The van der Waals surface area contributed by atoms with Crippen LogP contribution in [0.3, 0.4) is 0 Å². The first-order valence-corrected chi connectivity index (χ1v) is 21.8. The third-order valence-corrected chi connectivity index (χ3v) is 13.6. The van der Waals surface area contributed by atoms with Crippen molar-refractivity contribution < 1.29 is 24.2 Å². The Morgan fingerprint density at radius 2 is 1.94 bits per heavy atom. The van der Waals surface area contributed by atoms with Crippen LogP contribution in [0.1, 0.15) is 77.5 Å². The van der Waals surface area contributed by atoms with Crippen molar-refractivity contribution in [3.63, 3.8) is 0 Å². The zero-order valence-corrected chi connectivity index (χ0v) is 34.1. The minimum absolute atomic E-state index is 0.0280. The van der Waals surface area contributed by atoms with Crippen molar-refractivity contribution in [2.24, 2.45) is 0 Å². The van der Waals surface area contributed by atoms with Crippen molar-refractivity contribution in [2.75, 3.05) is 78.7 Å². The summed E-state index contributed by atoms with van der Waals surface area (Å²) in [5, 5.41) is 18.6. The Balaban J connectivity index is 0.823. The van der Waals surface area contributed by atoms with Crippen molar-refractivity contribution in [3.8, 4) is 5.75 Å². The molecule has 2 aliphatic heterocycles. The maximum atomic E-state index is 13.2. The molecule has 2 amide bonds. The van der Waals surface area contributed by atoms with Gasteiger partial charge >= 0.3 is 4.87 Å². The second kappa shape index (κ2) is 19.1. The lowest BCUT2D eigenvalue weighted by molar-refractivity contribution is -0.132. The summed E-state index contributed by atoms with van der Waals surface area (Å²) in [4.78, 5) is 52.5. The number of morpholine rings is 1. The van der Waals surface area contributed by atoms with Crippen LogP contribution in [0.25, 0.3) is 10.2 Å². The van der Waals surface area contributed by atoms with Crippen LogP contribution in [0.2, 0.25) is 0 Å². The normalized spacial score (nSPS) is 16.2. The summed E-state index contributed by atoms with van der Waals surface area (Å²) in [6.45, 7) is 14.6. The standard InChI is InChI=1S/C39H54N6O6S3/c1-4-44(18-14-40-13-7-29-5-6-32(46)34-35(29)54-38(49)42-34)33(47)10-21-50-20-9-30-23-28(24-52-30)8-15-43-16-11-39(12-17-43)26-45(19-22-51-39)37(48)31-25-53-36(41-31)27(2)3/h5-6,23-25,27,40,46H,4,7-22,26H2,1-3H3,(H,42,49). The number of aromatic amines is 1. The van der Waals surface area contributed by atoms with Crippen LogP contribution in [0.15, 0.2) is 33.8 Å². The number of thiophene rings is 1. The van der Waals surface area contributed by atoms with E-state index in [0.717, 1.165) is 78.3 Å². The lowest BCUT2D eigenvalue weighted by Gasteiger charge is -2.47. The number of amides is 2. The number of nitrogens with one attached hydrogen (secondary N) is 2. The number of nitrogens with zero attached hydrogens (tertiary/aromatic N) is 4. The van der Waals surface area contributed by atoms with E-state index in [2.05, 4.69) is 45.5 Å². The van der Waals surface area contributed by atoms with Gasteiger partial charge in [0.25, 0.3) is 5.91 Å². The molecular weight excluding hydrogens is 745 g/mol. The second-order valence-corrected chi connectivity index (χ2v) is 17.4. The Hall–Kier alpha value is -3.18. The number of carbonyl (C=O) groups is 2. The summed E-state index contributed by atoms with van der Waals surface area (Å²) in [5.41, 5.74) is 3.17. The van der Waals surface area contributed by atoms with Gasteiger partial charge in [0.05, 0.1) is 48.1 Å². The van der Waals surface area contributed by atoms with E-state index in [1.807, 2.05) is 28.2 Å². The first kappa shape index (κ1) is 40.5. The minimum atomic E-state index is -0.257. The number of thiazole rings is 2. The number of likely N-dealkylation sites (tertiary alicyclic amines) is 1. The Bertz CT molecular complexity index is 1890. The van der Waals surface area contributed by atoms with Gasteiger partial charge in [-0.1, -0.05) is 31.3 Å². The number of hydrogen-bond donors (Lipinski definition) is 3. The van der Waals surface area contributed by atoms with E-state index in [9.17, 15) is 19.5 Å². The van der Waals surface area contributed by atoms with E-state index >= 15 is 0 Å². The van der Waals surface area contributed by atoms with Crippen molar-refractivity contribution >= 4 is 56.0 Å². The van der Waals surface area contributed by atoms with Crippen LogP contribution < -0.4 is 10.2 Å². The monoisotopic (exact) mass is 798 g/mol. The van der Waals surface area contributed by atoms with Crippen molar-refractivity contribution in [1.29, 1.82) is 0 Å². The molecule has 12 nitrogen and oxygen atoms in total. The summed E-state index contributed by atoms with van der Waals surface area (Å²) in [6.07, 6.45) is 4.79. The fourth-order valence-corrected chi connectivity index (χ4v) is 9.79. The summed E-state index contributed by atoms with van der Waals surface area (Å²) in [7, 11) is 0. The van der Waals surface area contributed by atoms with Crippen molar-refractivity contribution in [3.05, 3.63) is 65.3 Å². The molecule has 0 radical (unpaired) electrons. The number of carbonyl (C=O) groups excluding carboxylic acids is 2. The zero-order valence-electron chi connectivity index (χ0n) is 31.7. The molecule has 54 heavy (non-hydrogen) atoms. The van der Waals surface area contributed by atoms with Crippen LogP contribution in [-0.4, -0.2) is 126 Å². The Morgan fingerprint density at radius 1 is 1.11 bits per heavy atom. The molecule has 3 N–H and O–H groups in total. The number of likely N-dealkylation sites (N-methyl/N-ethyl adjacent to an activating group) is 1. The van der Waals surface area contributed by atoms with Crippen molar-refractivity contribution in [1.82, 2.24) is 30.0 Å². The van der Waals surface area contributed by atoms with Crippen LogP contribution in [0, 0.1) is 0 Å². The van der Waals surface area contributed by atoms with E-state index in [0.29, 0.717) is 82.6 Å². The number of aromatic hydroxyl groups is 1. The third kappa shape index (κ3) is 10.6. The molecular formula is C39H54N6O6S3. The molecule has 2 fully saturated rings. The van der Waals surface area contributed by atoms with Gasteiger partial charge in [0.1, 0.15) is 17.0 Å². The van der Waals surface area contributed by atoms with Crippen LogP contribution in [0.5, 0.6) is 5.75 Å². The number of H-pyrrole nitrogens is 1. The quantitative estimate of drug-likeness (QED) is 0.117. The van der Waals surface area contributed by atoms with E-state index < -0.39 is 0 Å². The molecule has 294 valence electrons. The SMILES string of the molecule is CCN(CCNCCc1ccc(O)c2[nH]c(=O)sc12)C(=O)CCOCCc1cc(CCN2CCC3(CC2)CN(C(=O)c2csc(C(C)C)n2)CCO3)cs1. The van der Waals surface area contributed by atoms with Gasteiger partial charge in [0, 0.05) is 68.4 Å². The average molecular weight is 799 g/mol. The smallest absolute Gasteiger partial charge is 0.305 e. The van der Waals surface area contributed by atoms with Gasteiger partial charge in [-0.25, -0.2) is 4.98 Å². The second-order valence-electron chi connectivity index (χ2n) is 14.5. The van der Waals surface area contributed by atoms with Gasteiger partial charge in [0.2, 0.25) is 5.91 Å². The molecule has 2 aliphatic rings. The number of benzene rings is 1. The molecule has 0 unspecified atom stereocenters. The highest BCUT2D eigenvalue weighted by molar-refractivity contribution is 7.16. The molecule has 5 heterocycles. The number of piperidine rings is 1. The maximum Gasteiger partial charge on any atom is 0.305 e. The number of hydrogen-bond acceptors (Lipinski definition) is 12. The predicted octanol–water partition coefficient (Wildman–Crippen LogP) is 5.12. The first-order valence-electron chi connectivity index (χ1n) is 19.2. The van der Waals surface area contributed by atoms with Crippen molar-refractivity contribution in [2.45, 2.75) is 70.8 Å². The van der Waals surface area contributed by atoms with Crippen LogP contribution >= 0.6 is 34.0 Å². The summed E-state index contributed by atoms with van der Waals surface area (Å²) in [6, 6.07) is 5.76. The number of rotatable bonds is 18. The van der Waals surface area contributed by atoms with E-state index in [1.165, 1.54) is 10.4 Å². The van der Waals surface area contributed by atoms with Gasteiger partial charge < -0.3 is 39.6 Å². The highest BCUT2D eigenvalue weighted by Gasteiger charge is 2.41. The third-order valence-electron chi connectivity index (χ3n) is 10.4. The van der Waals surface area contributed by atoms with Gasteiger partial charge in [-0.15, -0.1) is 22.7 Å². The first-order chi connectivity index (χ1) is 26.1. The molecule has 1 spiro atoms. The van der Waals surface area contributed by atoms with E-state index in [4.69, 9.17) is 9.47 Å². The molecule has 4 aromatic rings. The molecule has 15 heteroatoms. The minimum Gasteiger partial charge on any atom is -0.506 e. The summed E-state index contributed by atoms with van der Waals surface area (Å²) >= 11 is 4.46. The Labute approximate surface area is 329 Å². The fraction of sp³-hybridized carbons (Fsp3) is 0.590. The lowest BCUT2D eigenvalue weighted by atomic mass is 9.89. The van der Waals surface area contributed by atoms with E-state index in [1.54, 1.807) is 28.7 Å². The predicted molar refractivity (Wildman–Crippen MR) is 217 cm³/mol. The maximum absolute atomic E-state index is 13.2. The molecule has 1 aromatic carbocycles. The van der Waals surface area contributed by atoms with Gasteiger partial charge in [-0.3, -0.25) is 14.4 Å². The molecule has 6 rings (SSSR count). The zero-order chi connectivity index (χ0) is 38.1. The number of ether oxygens (including phenoxy) is 2. The average Bonchev–Trinajstić information content (AvgIpc) is 3.94. The van der Waals surface area contributed by atoms with Crippen LogP contribution in [0.4, 0.5) is 0 Å². The molecule has 0 saturated carbocycles. The van der Waals surface area contributed by atoms with Gasteiger partial charge in [-0.2, -0.15) is 0 Å². The molecule has 0 atom stereocenters. The number of fused-ring (bicyclic) bond motifs is 1. The van der Waals surface area contributed by atoms with Crippen LogP contribution in [-0.2, 0) is 33.5 Å². The van der Waals surface area contributed by atoms with Gasteiger partial charge in [-0.05, 0) is 67.8 Å². The highest BCUT2D eigenvalue weighted by Crippen LogP contribution is 2.32. The molecule has 2 saturated heterocycles. The number of phenolic OH excluding ortho intramolecular Hbond substituents is 1. The number of aromatic nitrogens is 2. The van der Waals surface area contributed by atoms with Gasteiger partial charge in [0.15, 0.2) is 0 Å². The largest absolute Gasteiger partial charge is 0.506 e. The summed E-state index contributed by atoms with van der Waals surface area (Å²) in [5.74, 6) is 0.532. The summed E-state index contributed by atoms with van der Waals surface area (Å²) < 4.78 is 13.0. The Morgan fingerprint density at radius 3 is 2.72 bits per heavy atom. The number of phenols is 1.